The van der Waals surface area contributed by atoms with Crippen molar-refractivity contribution in [2.45, 2.75) is 38.6 Å². The van der Waals surface area contributed by atoms with Crippen molar-refractivity contribution in [3.63, 3.8) is 0 Å². The van der Waals surface area contributed by atoms with Gasteiger partial charge in [0, 0.05) is 13.1 Å². The van der Waals surface area contributed by atoms with Gasteiger partial charge in [-0.15, -0.1) is 0 Å². The smallest absolute Gasteiger partial charge is 0.0230 e. The van der Waals surface area contributed by atoms with Crippen LogP contribution >= 0.6 is 0 Å². The van der Waals surface area contributed by atoms with Crippen LogP contribution in [0.3, 0.4) is 0 Å². The van der Waals surface area contributed by atoms with Gasteiger partial charge in [-0.1, -0.05) is 37.6 Å². The van der Waals surface area contributed by atoms with E-state index in [0.29, 0.717) is 5.92 Å². The lowest BCUT2D eigenvalue weighted by Crippen LogP contribution is -2.29. The summed E-state index contributed by atoms with van der Waals surface area (Å²) in [6.07, 6.45) is 4.29. The van der Waals surface area contributed by atoms with Crippen LogP contribution < -0.4 is 5.73 Å². The summed E-state index contributed by atoms with van der Waals surface area (Å²) in [6, 6.07) is 8.95. The molecule has 1 aliphatic carbocycles. The summed E-state index contributed by atoms with van der Waals surface area (Å²) < 4.78 is 0. The lowest BCUT2D eigenvalue weighted by Gasteiger charge is -2.30. The molecule has 1 unspecified atom stereocenters. The quantitative estimate of drug-likeness (QED) is 0.836. The highest BCUT2D eigenvalue weighted by molar-refractivity contribution is 5.25. The van der Waals surface area contributed by atoms with Crippen molar-refractivity contribution in [3.8, 4) is 0 Å². The highest BCUT2D eigenvalue weighted by Gasteiger charge is 2.18. The largest absolute Gasteiger partial charge is 0.330 e. The molecule has 2 heteroatoms. The van der Waals surface area contributed by atoms with E-state index in [1.54, 1.807) is 0 Å². The molecule has 1 saturated carbocycles. The van der Waals surface area contributed by atoms with Crippen molar-refractivity contribution in [1.82, 2.24) is 4.90 Å². The molecule has 100 valence electrons. The summed E-state index contributed by atoms with van der Waals surface area (Å²) in [5, 5.41) is 0. The zero-order valence-corrected chi connectivity index (χ0v) is 11.7. The fraction of sp³-hybridized carbons (Fsp3) is 0.625. The molecule has 0 spiro atoms. The number of hydrogen-bond donors (Lipinski definition) is 1. The van der Waals surface area contributed by atoms with Gasteiger partial charge in [-0.05, 0) is 49.4 Å². The monoisotopic (exact) mass is 246 g/mol. The molecule has 0 saturated heterocycles. The minimum absolute atomic E-state index is 0.465. The second kappa shape index (κ2) is 6.35. The SMILES string of the molecule is CC(CN)c1ccc(CN(C)CC2CCC2)cc1. The van der Waals surface area contributed by atoms with E-state index in [1.807, 2.05) is 0 Å². The summed E-state index contributed by atoms with van der Waals surface area (Å²) in [5.41, 5.74) is 8.45. The molecule has 1 aliphatic rings. The number of nitrogens with zero attached hydrogens (tertiary/aromatic N) is 1. The van der Waals surface area contributed by atoms with Crippen LogP contribution in [0.25, 0.3) is 0 Å². The summed E-state index contributed by atoms with van der Waals surface area (Å²) in [5.74, 6) is 1.42. The first kappa shape index (κ1) is 13.6. The van der Waals surface area contributed by atoms with Gasteiger partial charge in [0.15, 0.2) is 0 Å². The van der Waals surface area contributed by atoms with Gasteiger partial charge in [0.25, 0.3) is 0 Å². The molecular formula is C16H26N2. The third-order valence-corrected chi connectivity index (χ3v) is 4.15. The molecule has 0 amide bonds. The minimum Gasteiger partial charge on any atom is -0.330 e. The van der Waals surface area contributed by atoms with E-state index >= 15 is 0 Å². The molecule has 2 nitrogen and oxygen atoms in total. The fourth-order valence-corrected chi connectivity index (χ4v) is 2.58. The van der Waals surface area contributed by atoms with Crippen molar-refractivity contribution in [2.75, 3.05) is 20.1 Å². The Hall–Kier alpha value is -0.860. The first-order chi connectivity index (χ1) is 8.69. The summed E-state index contributed by atoms with van der Waals surface area (Å²) >= 11 is 0. The molecule has 18 heavy (non-hydrogen) atoms. The van der Waals surface area contributed by atoms with E-state index < -0.39 is 0 Å². The van der Waals surface area contributed by atoms with Crippen LogP contribution in [0.5, 0.6) is 0 Å². The zero-order valence-electron chi connectivity index (χ0n) is 11.7. The Morgan fingerprint density at radius 1 is 1.28 bits per heavy atom. The van der Waals surface area contributed by atoms with Crippen LogP contribution in [-0.2, 0) is 6.54 Å². The van der Waals surface area contributed by atoms with Gasteiger partial charge in [0.2, 0.25) is 0 Å². The molecule has 1 aromatic carbocycles. The number of benzene rings is 1. The lowest BCUT2D eigenvalue weighted by atomic mass is 9.85. The predicted octanol–water partition coefficient (Wildman–Crippen LogP) is 2.98. The molecule has 0 bridgehead atoms. The highest BCUT2D eigenvalue weighted by atomic mass is 15.1. The Balaban J connectivity index is 1.85. The molecular weight excluding hydrogens is 220 g/mol. The van der Waals surface area contributed by atoms with Gasteiger partial charge in [-0.3, -0.25) is 0 Å². The third-order valence-electron chi connectivity index (χ3n) is 4.15. The Kier molecular flexibility index (Phi) is 4.79. The second-order valence-corrected chi connectivity index (χ2v) is 5.87. The van der Waals surface area contributed by atoms with E-state index in [-0.39, 0.29) is 0 Å². The van der Waals surface area contributed by atoms with Crippen molar-refractivity contribution < 1.29 is 0 Å². The van der Waals surface area contributed by atoms with Crippen LogP contribution in [0.2, 0.25) is 0 Å². The summed E-state index contributed by atoms with van der Waals surface area (Å²) in [7, 11) is 2.23. The van der Waals surface area contributed by atoms with Crippen LogP contribution in [0.15, 0.2) is 24.3 Å². The standard InChI is InChI=1S/C16H26N2/c1-13(10-17)16-8-6-15(7-9-16)12-18(2)11-14-4-3-5-14/h6-9,13-14H,3-5,10-12,17H2,1-2H3. The van der Waals surface area contributed by atoms with Gasteiger partial charge < -0.3 is 10.6 Å². The van der Waals surface area contributed by atoms with Gasteiger partial charge in [0.05, 0.1) is 0 Å². The molecule has 0 aliphatic heterocycles. The van der Waals surface area contributed by atoms with Crippen molar-refractivity contribution in [1.29, 1.82) is 0 Å². The Labute approximate surface area is 111 Å². The predicted molar refractivity (Wildman–Crippen MR) is 77.6 cm³/mol. The van der Waals surface area contributed by atoms with Crippen LogP contribution in [0.4, 0.5) is 0 Å². The molecule has 1 fully saturated rings. The number of rotatable bonds is 6. The van der Waals surface area contributed by atoms with E-state index in [2.05, 4.69) is 43.1 Å². The lowest BCUT2D eigenvalue weighted by molar-refractivity contribution is 0.200. The second-order valence-electron chi connectivity index (χ2n) is 5.87. The third kappa shape index (κ3) is 3.56. The van der Waals surface area contributed by atoms with E-state index in [0.717, 1.165) is 19.0 Å². The normalized spacial score (nSPS) is 17.8. The van der Waals surface area contributed by atoms with Gasteiger partial charge in [0.1, 0.15) is 0 Å². The van der Waals surface area contributed by atoms with Crippen LogP contribution in [-0.4, -0.2) is 25.0 Å². The fourth-order valence-electron chi connectivity index (χ4n) is 2.58. The number of nitrogens with two attached hydrogens (primary N) is 1. The molecule has 0 radical (unpaired) electrons. The van der Waals surface area contributed by atoms with E-state index in [9.17, 15) is 0 Å². The average Bonchev–Trinajstić information content (AvgIpc) is 2.34. The maximum absolute atomic E-state index is 5.69. The Bertz CT molecular complexity index is 354. The van der Waals surface area contributed by atoms with E-state index in [1.165, 1.54) is 36.9 Å². The molecule has 2 rings (SSSR count). The minimum atomic E-state index is 0.465. The maximum atomic E-state index is 5.69. The Morgan fingerprint density at radius 2 is 1.94 bits per heavy atom. The molecule has 1 atom stereocenters. The molecule has 0 aromatic heterocycles. The summed E-state index contributed by atoms with van der Waals surface area (Å²) in [6.45, 7) is 5.22. The first-order valence-corrected chi connectivity index (χ1v) is 7.16. The van der Waals surface area contributed by atoms with Gasteiger partial charge in [-0.25, -0.2) is 0 Å². The molecule has 0 heterocycles. The molecule has 2 N–H and O–H groups in total. The van der Waals surface area contributed by atoms with Gasteiger partial charge >= 0.3 is 0 Å². The highest BCUT2D eigenvalue weighted by Crippen LogP contribution is 2.27. The number of hydrogen-bond acceptors (Lipinski definition) is 2. The molecule has 1 aromatic rings. The topological polar surface area (TPSA) is 29.3 Å². The first-order valence-electron chi connectivity index (χ1n) is 7.16. The van der Waals surface area contributed by atoms with Crippen LogP contribution in [0, 0.1) is 5.92 Å². The van der Waals surface area contributed by atoms with Crippen molar-refractivity contribution in [3.05, 3.63) is 35.4 Å². The van der Waals surface area contributed by atoms with E-state index in [4.69, 9.17) is 5.73 Å². The zero-order chi connectivity index (χ0) is 13.0. The van der Waals surface area contributed by atoms with Gasteiger partial charge in [-0.2, -0.15) is 0 Å². The van der Waals surface area contributed by atoms with Crippen LogP contribution in [0.1, 0.15) is 43.2 Å². The summed E-state index contributed by atoms with van der Waals surface area (Å²) in [4.78, 5) is 2.45. The Morgan fingerprint density at radius 3 is 2.44 bits per heavy atom. The van der Waals surface area contributed by atoms with Crippen molar-refractivity contribution >= 4 is 0 Å². The maximum Gasteiger partial charge on any atom is 0.0230 e. The average molecular weight is 246 g/mol. The van der Waals surface area contributed by atoms with Crippen molar-refractivity contribution in [2.24, 2.45) is 11.7 Å².